The van der Waals surface area contributed by atoms with E-state index in [2.05, 4.69) is 20.9 Å². The van der Waals surface area contributed by atoms with Gasteiger partial charge in [0.15, 0.2) is 11.6 Å². The molecule has 3 heterocycles. The van der Waals surface area contributed by atoms with E-state index in [0.717, 1.165) is 19.2 Å². The lowest BCUT2D eigenvalue weighted by Gasteiger charge is -2.44. The molecule has 1 fully saturated rings. The molecule has 0 bridgehead atoms. The van der Waals surface area contributed by atoms with Gasteiger partial charge in [-0.25, -0.2) is 37.2 Å². The highest BCUT2D eigenvalue weighted by molar-refractivity contribution is 6.01. The third kappa shape index (κ3) is 6.44. The van der Waals surface area contributed by atoms with Crippen molar-refractivity contribution in [2.75, 3.05) is 52.3 Å². The highest BCUT2D eigenvalue weighted by atomic mass is 19.2. The van der Waals surface area contributed by atoms with Gasteiger partial charge in [-0.05, 0) is 48.9 Å². The molecule has 2 aromatic rings. The van der Waals surface area contributed by atoms with E-state index in [1.165, 1.54) is 31.4 Å². The fourth-order valence-electron chi connectivity index (χ4n) is 5.94. The van der Waals surface area contributed by atoms with E-state index in [0.29, 0.717) is 55.0 Å². The van der Waals surface area contributed by atoms with Gasteiger partial charge in [0.1, 0.15) is 17.5 Å². The molecule has 1 saturated heterocycles. The van der Waals surface area contributed by atoms with E-state index in [1.54, 1.807) is 0 Å². The average Bonchev–Trinajstić information content (AvgIpc) is 3.01. The van der Waals surface area contributed by atoms with E-state index in [-0.39, 0.29) is 30.0 Å². The number of piperidine rings is 1. The number of esters is 1. The van der Waals surface area contributed by atoms with Crippen LogP contribution in [0.5, 0.6) is 0 Å². The van der Waals surface area contributed by atoms with Crippen molar-refractivity contribution in [1.29, 1.82) is 0 Å². The van der Waals surface area contributed by atoms with Gasteiger partial charge in [-0.3, -0.25) is 5.32 Å². The summed E-state index contributed by atoms with van der Waals surface area (Å²) in [4.78, 5) is 54.4. The topological polar surface area (TPSA) is 139 Å². The van der Waals surface area contributed by atoms with Gasteiger partial charge in [0.05, 0.1) is 30.7 Å². The maximum absolute atomic E-state index is 14.3. The normalized spacial score (nSPS) is 19.4. The Kier molecular flexibility index (Phi) is 9.29. The van der Waals surface area contributed by atoms with Crippen molar-refractivity contribution in [3.8, 4) is 0 Å². The van der Waals surface area contributed by atoms with Crippen LogP contribution in [-0.4, -0.2) is 80.9 Å². The summed E-state index contributed by atoms with van der Waals surface area (Å²) in [5.41, 5.74) is -0.0170. The molecule has 45 heavy (non-hydrogen) atoms. The summed E-state index contributed by atoms with van der Waals surface area (Å²) in [5.74, 6) is -3.70. The predicted octanol–water partition coefficient (Wildman–Crippen LogP) is 3.90. The van der Waals surface area contributed by atoms with Gasteiger partial charge in [0, 0.05) is 45.1 Å². The van der Waals surface area contributed by atoms with Crippen LogP contribution in [0.1, 0.15) is 36.4 Å². The Morgan fingerprint density at radius 2 is 1.80 bits per heavy atom. The van der Waals surface area contributed by atoms with E-state index >= 15 is 0 Å². The third-order valence-corrected chi connectivity index (χ3v) is 8.09. The molecule has 2 aromatic carbocycles. The van der Waals surface area contributed by atoms with Gasteiger partial charge in [-0.2, -0.15) is 0 Å². The Hall–Kier alpha value is -4.63. The Morgan fingerprint density at radius 1 is 1.04 bits per heavy atom. The van der Waals surface area contributed by atoms with Crippen molar-refractivity contribution in [1.82, 2.24) is 20.4 Å². The lowest BCUT2D eigenvalue weighted by molar-refractivity contribution is -0.137. The van der Waals surface area contributed by atoms with Crippen LogP contribution in [0.25, 0.3) is 0 Å². The second-order valence-electron chi connectivity index (χ2n) is 10.8. The number of anilines is 1. The number of hydrogen-bond acceptors (Lipinski definition) is 8. The highest BCUT2D eigenvalue weighted by Gasteiger charge is 2.45. The van der Waals surface area contributed by atoms with Crippen molar-refractivity contribution in [2.24, 2.45) is 0 Å². The number of fused-ring (bicyclic) bond motifs is 2. The number of methoxy groups -OCH3 is 2. The monoisotopic (exact) mass is 631 g/mol. The van der Waals surface area contributed by atoms with Crippen LogP contribution in [0.4, 0.5) is 33.2 Å². The number of imide groups is 1. The maximum Gasteiger partial charge on any atom is 0.412 e. The van der Waals surface area contributed by atoms with E-state index < -0.39 is 53.2 Å². The zero-order valence-corrected chi connectivity index (χ0v) is 24.6. The first-order valence-electron chi connectivity index (χ1n) is 14.2. The molecule has 1 spiro atoms. The minimum Gasteiger partial charge on any atom is -0.466 e. The van der Waals surface area contributed by atoms with Crippen LogP contribution in [0.3, 0.4) is 0 Å². The summed E-state index contributed by atoms with van der Waals surface area (Å²) in [5, 5.41) is 7.73. The van der Waals surface area contributed by atoms with Crippen molar-refractivity contribution >= 4 is 29.8 Å². The number of benzene rings is 2. The molecule has 5 amide bonds. The number of likely N-dealkylation sites (tertiary alicyclic amines) is 1. The summed E-state index contributed by atoms with van der Waals surface area (Å²) in [7, 11) is 2.44. The van der Waals surface area contributed by atoms with Gasteiger partial charge in [0.25, 0.3) is 0 Å². The zero-order chi connectivity index (χ0) is 32.3. The molecule has 0 saturated carbocycles. The van der Waals surface area contributed by atoms with Crippen LogP contribution in [0, 0.1) is 17.5 Å². The van der Waals surface area contributed by atoms with Crippen LogP contribution in [0.15, 0.2) is 47.7 Å². The number of nitrogens with one attached hydrogen (secondary N) is 3. The molecule has 5 rings (SSSR count). The van der Waals surface area contributed by atoms with Crippen LogP contribution in [-0.2, 0) is 24.6 Å². The minimum absolute atomic E-state index is 0.0146. The van der Waals surface area contributed by atoms with Gasteiger partial charge in [0.2, 0.25) is 0 Å². The lowest BCUT2D eigenvalue weighted by atomic mass is 9.82. The first-order valence-corrected chi connectivity index (χ1v) is 14.2. The number of ether oxygens (including phenoxy) is 3. The molecule has 15 heteroatoms. The zero-order valence-electron chi connectivity index (χ0n) is 24.6. The van der Waals surface area contributed by atoms with E-state index in [4.69, 9.17) is 14.2 Å². The number of halogens is 3. The molecule has 3 aliphatic heterocycles. The average molecular weight is 632 g/mol. The Bertz CT molecular complexity index is 1540. The molecule has 3 aliphatic rings. The van der Waals surface area contributed by atoms with Gasteiger partial charge in [-0.15, -0.1) is 0 Å². The van der Waals surface area contributed by atoms with Crippen molar-refractivity contribution in [3.05, 3.63) is 76.2 Å². The van der Waals surface area contributed by atoms with Crippen LogP contribution >= 0.6 is 0 Å². The molecule has 0 aromatic heterocycles. The van der Waals surface area contributed by atoms with Crippen molar-refractivity contribution < 1.29 is 46.6 Å². The second kappa shape index (κ2) is 13.2. The standard InChI is InChI=1S/C30H32F3N5O7/c1-43-16-23-24(26(39)44-2)25(17-4-6-20(32)21(33)14-17)38(28(41)35-23)27(40)34-10-3-11-37-12-8-30(9-13-37)19-15-18(31)5-7-22(19)36-29(42)45-30/h4-7,14-15,25H,3,8-13,16H2,1-2H3,(H,34,40)(H,35,41)(H,36,42). The van der Waals surface area contributed by atoms with E-state index in [9.17, 15) is 32.3 Å². The number of hydrogen-bond donors (Lipinski definition) is 3. The Balaban J connectivity index is 1.24. The summed E-state index contributed by atoms with van der Waals surface area (Å²) in [6, 6.07) is 3.76. The lowest BCUT2D eigenvalue weighted by Crippen LogP contribution is -2.55. The quantitative estimate of drug-likeness (QED) is 0.295. The van der Waals surface area contributed by atoms with Gasteiger partial charge < -0.3 is 29.7 Å². The first-order chi connectivity index (χ1) is 21.6. The molecule has 240 valence electrons. The Labute approximate surface area is 256 Å². The highest BCUT2D eigenvalue weighted by Crippen LogP contribution is 2.43. The van der Waals surface area contributed by atoms with Crippen LogP contribution < -0.4 is 16.0 Å². The van der Waals surface area contributed by atoms with Crippen molar-refractivity contribution in [3.63, 3.8) is 0 Å². The summed E-state index contributed by atoms with van der Waals surface area (Å²) >= 11 is 0. The predicted molar refractivity (Wildman–Crippen MR) is 152 cm³/mol. The number of urea groups is 2. The molecule has 0 aliphatic carbocycles. The molecular formula is C30H32F3N5O7. The molecule has 1 unspecified atom stereocenters. The second-order valence-corrected chi connectivity index (χ2v) is 10.8. The smallest absolute Gasteiger partial charge is 0.412 e. The van der Waals surface area contributed by atoms with Crippen molar-refractivity contribution in [2.45, 2.75) is 30.9 Å². The number of rotatable bonds is 8. The number of nitrogens with zero attached hydrogens (tertiary/aromatic N) is 2. The third-order valence-electron chi connectivity index (χ3n) is 8.09. The summed E-state index contributed by atoms with van der Waals surface area (Å²) < 4.78 is 57.7. The number of carbonyl (C=O) groups is 4. The fourth-order valence-corrected chi connectivity index (χ4v) is 5.94. The number of carbonyl (C=O) groups excluding carboxylic acids is 4. The Morgan fingerprint density at radius 3 is 2.49 bits per heavy atom. The minimum atomic E-state index is -1.44. The van der Waals surface area contributed by atoms with Gasteiger partial charge >= 0.3 is 24.1 Å². The van der Waals surface area contributed by atoms with Crippen LogP contribution in [0.2, 0.25) is 0 Å². The van der Waals surface area contributed by atoms with E-state index in [1.807, 2.05) is 0 Å². The number of amides is 5. The SMILES string of the molecule is COCC1=C(C(=O)OC)C(c2ccc(F)c(F)c2)N(C(=O)NCCCN2CCC3(CC2)OC(=O)Nc2ccc(F)cc23)C(=O)N1. The molecular weight excluding hydrogens is 599 g/mol. The summed E-state index contributed by atoms with van der Waals surface area (Å²) in [6.07, 6.45) is 0.762. The molecule has 1 atom stereocenters. The molecule has 3 N–H and O–H groups in total. The summed E-state index contributed by atoms with van der Waals surface area (Å²) in [6.45, 7) is 1.53. The fraction of sp³-hybridized carbons (Fsp3) is 0.400. The maximum atomic E-state index is 14.3. The van der Waals surface area contributed by atoms with Gasteiger partial charge in [-0.1, -0.05) is 6.07 Å². The first kappa shape index (κ1) is 31.8. The molecule has 0 radical (unpaired) electrons. The largest absolute Gasteiger partial charge is 0.466 e. The molecule has 12 nitrogen and oxygen atoms in total.